The monoisotopic (exact) mass is 664 g/mol. The van der Waals surface area contributed by atoms with Gasteiger partial charge in [0.25, 0.3) is 0 Å². The molecule has 11 nitrogen and oxygen atoms in total. The SMILES string of the molecule is CC(C)C[C@H](C(=O)N[C@@H](C(=O)N[C@H](Cc1ccccc1)C(=O)N[C@H](Cc1ccccc1)C(=O)N[C@H](CC(C)C)C(N)=O)C(C)C)N(C)C. The quantitative estimate of drug-likeness (QED) is 0.155. The van der Waals surface area contributed by atoms with Gasteiger partial charge in [0.15, 0.2) is 0 Å². The number of hydrogen-bond donors (Lipinski definition) is 5. The van der Waals surface area contributed by atoms with Gasteiger partial charge >= 0.3 is 0 Å². The summed E-state index contributed by atoms with van der Waals surface area (Å²) in [6, 6.07) is 14.0. The van der Waals surface area contributed by atoms with Crippen LogP contribution in [0.5, 0.6) is 0 Å². The van der Waals surface area contributed by atoms with E-state index in [1.165, 1.54) is 0 Å². The van der Waals surface area contributed by atoms with Gasteiger partial charge in [-0.05, 0) is 55.8 Å². The van der Waals surface area contributed by atoms with Crippen LogP contribution in [0.4, 0.5) is 0 Å². The standard InChI is InChI=1S/C37H56N6O5/c1-23(2)19-28(33(38)44)39-34(45)29(21-26-15-11-9-12-16-26)40-35(46)30(22-27-17-13-10-14-18-27)41-37(48)32(25(5)6)42-36(47)31(43(7)8)20-24(3)4/h9-18,23-25,28-32H,19-22H2,1-8H3,(H2,38,44)(H,39,45)(H,40,46)(H,41,48)(H,42,47)/t28-,29-,30-,31-,32-/m1/s1. The van der Waals surface area contributed by atoms with E-state index in [0.29, 0.717) is 12.8 Å². The summed E-state index contributed by atoms with van der Waals surface area (Å²) in [7, 11) is 3.65. The molecule has 0 unspecified atom stereocenters. The van der Waals surface area contributed by atoms with E-state index >= 15 is 0 Å². The average Bonchev–Trinajstić information content (AvgIpc) is 3.01. The van der Waals surface area contributed by atoms with E-state index in [-0.39, 0.29) is 36.5 Å². The molecule has 2 aromatic rings. The van der Waals surface area contributed by atoms with E-state index < -0.39 is 53.8 Å². The van der Waals surface area contributed by atoms with Crippen molar-refractivity contribution in [2.24, 2.45) is 23.5 Å². The molecule has 0 saturated carbocycles. The number of nitrogens with two attached hydrogens (primary N) is 1. The van der Waals surface area contributed by atoms with Gasteiger partial charge in [0.2, 0.25) is 29.5 Å². The first-order valence-electron chi connectivity index (χ1n) is 16.8. The molecule has 0 radical (unpaired) electrons. The lowest BCUT2D eigenvalue weighted by Gasteiger charge is -2.30. The number of nitrogens with one attached hydrogen (secondary N) is 4. The van der Waals surface area contributed by atoms with E-state index in [1.807, 2.05) is 121 Å². The zero-order valence-electron chi connectivity index (χ0n) is 29.8. The summed E-state index contributed by atoms with van der Waals surface area (Å²) in [5.41, 5.74) is 7.19. The molecule has 0 aliphatic heterocycles. The lowest BCUT2D eigenvalue weighted by Crippen LogP contribution is -2.60. The number of nitrogens with zero attached hydrogens (tertiary/aromatic N) is 1. The molecule has 0 aliphatic rings. The van der Waals surface area contributed by atoms with Gasteiger partial charge in [0.05, 0.1) is 6.04 Å². The van der Waals surface area contributed by atoms with Crippen LogP contribution in [0.3, 0.4) is 0 Å². The third-order valence-corrected chi connectivity index (χ3v) is 8.07. The Morgan fingerprint density at radius 1 is 0.583 bits per heavy atom. The summed E-state index contributed by atoms with van der Waals surface area (Å²) in [4.78, 5) is 68.8. The van der Waals surface area contributed by atoms with E-state index in [0.717, 1.165) is 11.1 Å². The lowest BCUT2D eigenvalue weighted by molar-refractivity contribution is -0.135. The Morgan fingerprint density at radius 2 is 1.00 bits per heavy atom. The van der Waals surface area contributed by atoms with Crippen molar-refractivity contribution in [3.8, 4) is 0 Å². The van der Waals surface area contributed by atoms with Crippen LogP contribution in [0.2, 0.25) is 0 Å². The Bertz CT molecular complexity index is 1330. The molecule has 0 spiro atoms. The molecule has 48 heavy (non-hydrogen) atoms. The highest BCUT2D eigenvalue weighted by Crippen LogP contribution is 2.13. The van der Waals surface area contributed by atoms with Gasteiger partial charge in [-0.15, -0.1) is 0 Å². The number of carbonyl (C=O) groups excluding carboxylic acids is 5. The molecular weight excluding hydrogens is 608 g/mol. The van der Waals surface area contributed by atoms with Crippen molar-refractivity contribution >= 4 is 29.5 Å². The number of amides is 5. The van der Waals surface area contributed by atoms with Gasteiger partial charge in [0, 0.05) is 12.8 Å². The molecule has 0 aliphatic carbocycles. The Balaban J connectivity index is 2.39. The van der Waals surface area contributed by atoms with Gasteiger partial charge in [-0.3, -0.25) is 28.9 Å². The molecule has 0 heterocycles. The number of rotatable bonds is 19. The van der Waals surface area contributed by atoms with Crippen molar-refractivity contribution < 1.29 is 24.0 Å². The highest BCUT2D eigenvalue weighted by atomic mass is 16.2. The van der Waals surface area contributed by atoms with E-state index in [2.05, 4.69) is 21.3 Å². The third-order valence-electron chi connectivity index (χ3n) is 8.07. The number of benzene rings is 2. The Kier molecular flexibility index (Phi) is 16.3. The van der Waals surface area contributed by atoms with Crippen LogP contribution >= 0.6 is 0 Å². The van der Waals surface area contributed by atoms with E-state index in [1.54, 1.807) is 0 Å². The highest BCUT2D eigenvalue weighted by molar-refractivity contribution is 5.96. The molecule has 11 heteroatoms. The zero-order valence-corrected chi connectivity index (χ0v) is 29.8. The average molecular weight is 665 g/mol. The van der Waals surface area contributed by atoms with Crippen molar-refractivity contribution in [2.45, 2.75) is 97.4 Å². The maximum absolute atomic E-state index is 14.0. The van der Waals surface area contributed by atoms with Crippen LogP contribution < -0.4 is 27.0 Å². The minimum Gasteiger partial charge on any atom is -0.368 e. The molecule has 264 valence electrons. The van der Waals surface area contributed by atoms with Gasteiger partial charge in [0.1, 0.15) is 24.2 Å². The predicted octanol–water partition coefficient (Wildman–Crippen LogP) is 2.57. The second-order valence-corrected chi connectivity index (χ2v) is 13.9. The second kappa shape index (κ2) is 19.5. The van der Waals surface area contributed by atoms with Crippen molar-refractivity contribution in [3.63, 3.8) is 0 Å². The number of hydrogen-bond acceptors (Lipinski definition) is 6. The summed E-state index contributed by atoms with van der Waals surface area (Å²) in [5, 5.41) is 11.4. The van der Waals surface area contributed by atoms with Crippen LogP contribution in [-0.2, 0) is 36.8 Å². The van der Waals surface area contributed by atoms with Gasteiger partial charge in [-0.1, -0.05) is 102 Å². The second-order valence-electron chi connectivity index (χ2n) is 13.9. The van der Waals surface area contributed by atoms with Crippen molar-refractivity contribution in [3.05, 3.63) is 71.8 Å². The summed E-state index contributed by atoms with van der Waals surface area (Å²) in [6.45, 7) is 11.6. The molecule has 2 aromatic carbocycles. The Morgan fingerprint density at radius 3 is 1.38 bits per heavy atom. The molecule has 2 rings (SSSR count). The summed E-state index contributed by atoms with van der Waals surface area (Å²) in [6.07, 6.45) is 1.24. The maximum Gasteiger partial charge on any atom is 0.243 e. The molecule has 0 saturated heterocycles. The van der Waals surface area contributed by atoms with Crippen LogP contribution in [0.25, 0.3) is 0 Å². The first kappa shape index (κ1) is 39.9. The van der Waals surface area contributed by atoms with Crippen LogP contribution in [0.15, 0.2) is 60.7 Å². The summed E-state index contributed by atoms with van der Waals surface area (Å²) < 4.78 is 0. The maximum atomic E-state index is 14.0. The van der Waals surface area contributed by atoms with Crippen LogP contribution in [0.1, 0.15) is 65.5 Å². The van der Waals surface area contributed by atoms with Gasteiger partial charge in [-0.2, -0.15) is 0 Å². The minimum absolute atomic E-state index is 0.0863. The molecular formula is C37H56N6O5. The van der Waals surface area contributed by atoms with E-state index in [9.17, 15) is 24.0 Å². The fourth-order valence-electron chi connectivity index (χ4n) is 5.43. The van der Waals surface area contributed by atoms with Crippen LogP contribution in [0, 0.1) is 17.8 Å². The smallest absolute Gasteiger partial charge is 0.243 e. The van der Waals surface area contributed by atoms with Gasteiger partial charge < -0.3 is 27.0 Å². The fraction of sp³-hybridized carbons (Fsp3) is 0.541. The fourth-order valence-corrected chi connectivity index (χ4v) is 5.43. The third kappa shape index (κ3) is 13.5. The Hall–Kier alpha value is -4.25. The molecule has 0 fully saturated rings. The van der Waals surface area contributed by atoms with E-state index in [4.69, 9.17) is 5.73 Å². The minimum atomic E-state index is -1.08. The van der Waals surface area contributed by atoms with Crippen LogP contribution in [-0.4, -0.2) is 78.7 Å². The number of primary amides is 1. The highest BCUT2D eigenvalue weighted by Gasteiger charge is 2.34. The molecule has 5 atom stereocenters. The van der Waals surface area contributed by atoms with Crippen molar-refractivity contribution in [2.75, 3.05) is 14.1 Å². The molecule has 0 bridgehead atoms. The van der Waals surface area contributed by atoms with Crippen molar-refractivity contribution in [1.29, 1.82) is 0 Å². The summed E-state index contributed by atoms with van der Waals surface area (Å²) in [5.74, 6) is -2.51. The first-order chi connectivity index (χ1) is 22.6. The predicted molar refractivity (Wildman–Crippen MR) is 188 cm³/mol. The first-order valence-corrected chi connectivity index (χ1v) is 16.8. The lowest BCUT2D eigenvalue weighted by atomic mass is 9.98. The molecule has 0 aromatic heterocycles. The largest absolute Gasteiger partial charge is 0.368 e. The molecule has 5 amide bonds. The Labute approximate surface area is 286 Å². The number of likely N-dealkylation sites (N-methyl/N-ethyl adjacent to an activating group) is 1. The number of carbonyl (C=O) groups is 5. The normalized spacial score (nSPS) is 14.6. The molecule has 6 N–H and O–H groups in total. The van der Waals surface area contributed by atoms with Crippen molar-refractivity contribution in [1.82, 2.24) is 26.2 Å². The topological polar surface area (TPSA) is 163 Å². The summed E-state index contributed by atoms with van der Waals surface area (Å²) >= 11 is 0. The zero-order chi connectivity index (χ0) is 36.0. The van der Waals surface area contributed by atoms with Gasteiger partial charge in [-0.25, -0.2) is 0 Å².